The van der Waals surface area contributed by atoms with Crippen molar-refractivity contribution in [3.8, 4) is 11.5 Å². The predicted molar refractivity (Wildman–Crippen MR) is 128 cm³/mol. The zero-order valence-electron chi connectivity index (χ0n) is 19.7. The molecule has 190 valence electrons. The molecule has 10 nitrogen and oxygen atoms in total. The number of hydrogen-bond donors (Lipinski definition) is 4. The largest absolute Gasteiger partial charge is 0.492 e. The fourth-order valence-electron chi connectivity index (χ4n) is 5.09. The van der Waals surface area contributed by atoms with Crippen LogP contribution in [0.3, 0.4) is 0 Å². The van der Waals surface area contributed by atoms with Crippen LogP contribution in [0.4, 0.5) is 0 Å². The number of fused-ring (bicyclic) bond motifs is 6. The number of aliphatic hydroxyl groups excluding tert-OH is 4. The van der Waals surface area contributed by atoms with Crippen LogP contribution in [0.2, 0.25) is 0 Å². The monoisotopic (exact) mass is 506 g/mol. The third-order valence-electron chi connectivity index (χ3n) is 6.97. The maximum atomic E-state index is 13.6. The summed E-state index contributed by atoms with van der Waals surface area (Å²) in [5.74, 6) is -3.03. The number of carbonyl (C=O) groups is 2. The second-order valence-corrected chi connectivity index (χ2v) is 9.17. The Morgan fingerprint density at radius 3 is 2.14 bits per heavy atom. The van der Waals surface area contributed by atoms with Crippen molar-refractivity contribution in [1.29, 1.82) is 0 Å². The molecular weight excluding hydrogens is 484 g/mol. The van der Waals surface area contributed by atoms with Crippen molar-refractivity contribution in [1.82, 2.24) is 0 Å². The molecule has 6 rings (SSSR count). The molecule has 1 saturated heterocycles. The van der Waals surface area contributed by atoms with Crippen molar-refractivity contribution in [3.63, 3.8) is 0 Å². The van der Waals surface area contributed by atoms with Gasteiger partial charge in [0.05, 0.1) is 18.1 Å². The summed E-state index contributed by atoms with van der Waals surface area (Å²) in [5.41, 5.74) is 0.687. The molecule has 0 spiro atoms. The van der Waals surface area contributed by atoms with Crippen molar-refractivity contribution in [2.24, 2.45) is 0 Å². The summed E-state index contributed by atoms with van der Waals surface area (Å²) in [5, 5.41) is 42.1. The Kier molecular flexibility index (Phi) is 5.17. The maximum absolute atomic E-state index is 13.6. The molecule has 0 amide bonds. The second-order valence-electron chi connectivity index (χ2n) is 9.17. The number of methoxy groups -OCH3 is 1. The lowest BCUT2D eigenvalue weighted by Crippen LogP contribution is -2.65. The van der Waals surface area contributed by atoms with Crippen molar-refractivity contribution in [2.45, 2.75) is 37.3 Å². The van der Waals surface area contributed by atoms with Crippen LogP contribution in [0.1, 0.15) is 39.0 Å². The van der Waals surface area contributed by atoms with E-state index in [0.29, 0.717) is 10.8 Å². The van der Waals surface area contributed by atoms with Gasteiger partial charge in [-0.25, -0.2) is 0 Å². The van der Waals surface area contributed by atoms with Gasteiger partial charge in [-0.15, -0.1) is 0 Å². The SMILES string of the molecule is COc1c(OC2(C)O[C@@H](O)[C@H](O)[C@@H](O)[C@@H]2O)c2ccccc2c2oc3c(c12)C(=O)c1ccccc1C3=O. The van der Waals surface area contributed by atoms with Crippen molar-refractivity contribution >= 4 is 33.3 Å². The highest BCUT2D eigenvalue weighted by atomic mass is 16.8. The summed E-state index contributed by atoms with van der Waals surface area (Å²) in [7, 11) is 1.34. The smallest absolute Gasteiger partial charge is 0.239 e. The minimum Gasteiger partial charge on any atom is -0.492 e. The van der Waals surface area contributed by atoms with Gasteiger partial charge in [-0.3, -0.25) is 9.59 Å². The molecule has 1 unspecified atom stereocenters. The van der Waals surface area contributed by atoms with E-state index in [-0.39, 0.29) is 44.9 Å². The Morgan fingerprint density at radius 1 is 0.838 bits per heavy atom. The van der Waals surface area contributed by atoms with Gasteiger partial charge in [0.25, 0.3) is 0 Å². The van der Waals surface area contributed by atoms with E-state index in [1.165, 1.54) is 14.0 Å². The predicted octanol–water partition coefficient (Wildman–Crippen LogP) is 1.90. The Morgan fingerprint density at radius 2 is 1.46 bits per heavy atom. The molecule has 1 aliphatic heterocycles. The highest BCUT2D eigenvalue weighted by Gasteiger charge is 2.53. The Hall–Kier alpha value is -3.80. The fourth-order valence-corrected chi connectivity index (χ4v) is 5.09. The minimum atomic E-state index is -2.04. The number of aliphatic hydroxyl groups is 4. The van der Waals surface area contributed by atoms with Crippen molar-refractivity contribution < 1.29 is 48.6 Å². The molecule has 3 aromatic carbocycles. The van der Waals surface area contributed by atoms with Gasteiger partial charge in [-0.05, 0) is 0 Å². The quantitative estimate of drug-likeness (QED) is 0.285. The molecule has 2 heterocycles. The third kappa shape index (κ3) is 3.17. The van der Waals surface area contributed by atoms with Gasteiger partial charge in [-0.2, -0.15) is 0 Å². The van der Waals surface area contributed by atoms with E-state index in [0.717, 1.165) is 0 Å². The average Bonchev–Trinajstić information content (AvgIpc) is 3.31. The molecule has 37 heavy (non-hydrogen) atoms. The first-order chi connectivity index (χ1) is 17.7. The van der Waals surface area contributed by atoms with Gasteiger partial charge in [0.1, 0.15) is 23.9 Å². The number of hydrogen-bond acceptors (Lipinski definition) is 10. The first-order valence-electron chi connectivity index (χ1n) is 11.5. The lowest BCUT2D eigenvalue weighted by atomic mass is 9.86. The number of carbonyl (C=O) groups excluding carboxylic acids is 2. The molecule has 0 radical (unpaired) electrons. The lowest BCUT2D eigenvalue weighted by Gasteiger charge is -2.45. The van der Waals surface area contributed by atoms with E-state index >= 15 is 0 Å². The van der Waals surface area contributed by atoms with Gasteiger partial charge in [0.2, 0.25) is 11.6 Å². The zero-order valence-corrected chi connectivity index (χ0v) is 19.7. The van der Waals surface area contributed by atoms with Gasteiger partial charge in [-0.1, -0.05) is 48.5 Å². The zero-order chi connectivity index (χ0) is 26.2. The first kappa shape index (κ1) is 23.6. The number of ether oxygens (including phenoxy) is 3. The summed E-state index contributed by atoms with van der Waals surface area (Å²) in [6, 6.07) is 13.3. The van der Waals surface area contributed by atoms with E-state index in [2.05, 4.69) is 0 Å². The van der Waals surface area contributed by atoms with Crippen LogP contribution in [0.15, 0.2) is 52.9 Å². The number of ketones is 2. The molecule has 5 atom stereocenters. The van der Waals surface area contributed by atoms with Crippen LogP contribution in [0.5, 0.6) is 11.5 Å². The highest BCUT2D eigenvalue weighted by molar-refractivity contribution is 6.33. The topological polar surface area (TPSA) is 156 Å². The van der Waals surface area contributed by atoms with Crippen molar-refractivity contribution in [3.05, 3.63) is 71.0 Å². The average molecular weight is 506 g/mol. The second kappa shape index (κ2) is 8.10. The first-order valence-corrected chi connectivity index (χ1v) is 11.5. The van der Waals surface area contributed by atoms with E-state index in [4.69, 9.17) is 18.6 Å². The molecular formula is C27H22O10. The van der Waals surface area contributed by atoms with E-state index in [1.54, 1.807) is 48.5 Å². The summed E-state index contributed by atoms with van der Waals surface area (Å²) in [6.07, 6.45) is -7.19. The number of benzene rings is 3. The molecule has 1 aromatic heterocycles. The summed E-state index contributed by atoms with van der Waals surface area (Å²) in [6.45, 7) is 1.28. The third-order valence-corrected chi connectivity index (χ3v) is 6.97. The van der Waals surface area contributed by atoms with Crippen LogP contribution in [0.25, 0.3) is 21.7 Å². The summed E-state index contributed by atoms with van der Waals surface area (Å²) in [4.78, 5) is 26.9. The van der Waals surface area contributed by atoms with Crippen LogP contribution in [-0.4, -0.2) is 69.5 Å². The molecule has 1 fully saturated rings. The van der Waals surface area contributed by atoms with Gasteiger partial charge >= 0.3 is 0 Å². The molecule has 1 aliphatic carbocycles. The summed E-state index contributed by atoms with van der Waals surface area (Å²) < 4.78 is 23.2. The van der Waals surface area contributed by atoms with Crippen molar-refractivity contribution in [2.75, 3.05) is 7.11 Å². The van der Waals surface area contributed by atoms with Crippen LogP contribution in [-0.2, 0) is 4.74 Å². The fraction of sp³-hybridized carbons (Fsp3) is 0.259. The van der Waals surface area contributed by atoms with E-state index in [1.807, 2.05) is 0 Å². The number of rotatable bonds is 3. The molecule has 2 aliphatic rings. The number of furan rings is 1. The molecule has 0 bridgehead atoms. The van der Waals surface area contributed by atoms with E-state index in [9.17, 15) is 30.0 Å². The Balaban J connectivity index is 1.64. The van der Waals surface area contributed by atoms with Crippen LogP contribution < -0.4 is 9.47 Å². The normalized spacial score (nSPS) is 27.3. The van der Waals surface area contributed by atoms with Crippen LogP contribution >= 0.6 is 0 Å². The molecule has 0 saturated carbocycles. The molecule has 4 aromatic rings. The van der Waals surface area contributed by atoms with E-state index < -0.39 is 42.0 Å². The van der Waals surface area contributed by atoms with Gasteiger partial charge in [0, 0.05) is 28.8 Å². The lowest BCUT2D eigenvalue weighted by molar-refractivity contribution is -0.366. The Labute approximate surface area is 209 Å². The highest BCUT2D eigenvalue weighted by Crippen LogP contribution is 2.50. The summed E-state index contributed by atoms with van der Waals surface area (Å²) >= 11 is 0. The minimum absolute atomic E-state index is 0.00523. The standard InChI is InChI=1S/C27H22O10/c1-27(25(32)19(30)20(31)26(33)37-27)36-22-14-10-6-5-9-13(14)21-16(24(22)34-2)15-17(28)11-7-3-4-8-12(11)18(29)23(15)35-21/h3-10,19-20,25-26,30-33H,1-2H3/t19-,20-,25+,26-,27?/m1/s1. The maximum Gasteiger partial charge on any atom is 0.239 e. The van der Waals surface area contributed by atoms with Gasteiger partial charge < -0.3 is 39.1 Å². The Bertz CT molecular complexity index is 1600. The van der Waals surface area contributed by atoms with Gasteiger partial charge in [0.15, 0.2) is 29.3 Å². The van der Waals surface area contributed by atoms with Crippen LogP contribution in [0, 0.1) is 0 Å². The molecule has 10 heteroatoms. The molecule has 4 N–H and O–H groups in total.